The van der Waals surface area contributed by atoms with Crippen LogP contribution in [0.15, 0.2) is 36.5 Å². The number of imidazole rings is 1. The Labute approximate surface area is 162 Å². The Morgan fingerprint density at radius 2 is 1.78 bits per heavy atom. The molecule has 4 nitrogen and oxygen atoms in total. The third-order valence-corrected chi connectivity index (χ3v) is 6.42. The monoisotopic (exact) mass is 365 g/mol. The first-order valence-corrected chi connectivity index (χ1v) is 10.5. The minimum atomic E-state index is 0.314. The van der Waals surface area contributed by atoms with Crippen LogP contribution in [0, 0.1) is 18.8 Å². The van der Waals surface area contributed by atoms with Gasteiger partial charge in [-0.25, -0.2) is 4.98 Å². The van der Waals surface area contributed by atoms with E-state index in [2.05, 4.69) is 46.7 Å². The number of hydrogen-bond donors (Lipinski definition) is 0. The zero-order valence-electron chi connectivity index (χ0n) is 16.4. The van der Waals surface area contributed by atoms with Crippen molar-refractivity contribution in [2.24, 2.45) is 11.8 Å². The molecule has 1 saturated carbocycles. The van der Waals surface area contributed by atoms with Gasteiger partial charge >= 0.3 is 0 Å². The highest BCUT2D eigenvalue weighted by atomic mass is 16.2. The van der Waals surface area contributed by atoms with E-state index >= 15 is 0 Å². The summed E-state index contributed by atoms with van der Waals surface area (Å²) < 4.78 is 2.35. The van der Waals surface area contributed by atoms with E-state index in [-0.39, 0.29) is 0 Å². The van der Waals surface area contributed by atoms with E-state index in [0.29, 0.717) is 17.7 Å². The molecule has 1 aromatic carbocycles. The van der Waals surface area contributed by atoms with Gasteiger partial charge in [0.15, 0.2) is 0 Å². The number of piperidine rings is 1. The van der Waals surface area contributed by atoms with Gasteiger partial charge in [0.2, 0.25) is 5.91 Å². The van der Waals surface area contributed by atoms with E-state index in [1.54, 1.807) is 0 Å². The number of rotatable bonds is 5. The second kappa shape index (κ2) is 8.28. The lowest BCUT2D eigenvalue weighted by Crippen LogP contribution is -2.41. The standard InChI is InChI=1S/C23H31N3O/c1-18-16-24-22(26(18)17-20-7-3-2-4-8-20)15-19-11-13-25(14-12-19)23(27)21-9-5-6-10-21/h2-4,7-8,16,19,21H,5-6,9-15,17H2,1H3. The van der Waals surface area contributed by atoms with Gasteiger partial charge < -0.3 is 9.47 Å². The van der Waals surface area contributed by atoms with Crippen molar-refractivity contribution in [2.75, 3.05) is 13.1 Å². The molecule has 1 aliphatic heterocycles. The van der Waals surface area contributed by atoms with Gasteiger partial charge in [-0.2, -0.15) is 0 Å². The van der Waals surface area contributed by atoms with Gasteiger partial charge in [-0.15, -0.1) is 0 Å². The number of aromatic nitrogens is 2. The van der Waals surface area contributed by atoms with Crippen LogP contribution in [0.2, 0.25) is 0 Å². The van der Waals surface area contributed by atoms with Crippen LogP contribution in [0.5, 0.6) is 0 Å². The van der Waals surface area contributed by atoms with Gasteiger partial charge in [-0.3, -0.25) is 4.79 Å². The van der Waals surface area contributed by atoms with Crippen molar-refractivity contribution >= 4 is 5.91 Å². The minimum Gasteiger partial charge on any atom is -0.342 e. The van der Waals surface area contributed by atoms with Crippen molar-refractivity contribution in [2.45, 2.75) is 58.4 Å². The molecule has 2 aliphatic rings. The fourth-order valence-corrected chi connectivity index (χ4v) is 4.70. The third-order valence-electron chi connectivity index (χ3n) is 6.42. The van der Waals surface area contributed by atoms with Crippen LogP contribution in [0.25, 0.3) is 0 Å². The predicted octanol–water partition coefficient (Wildman–Crippen LogP) is 4.21. The van der Waals surface area contributed by atoms with Gasteiger partial charge in [0.25, 0.3) is 0 Å². The Bertz CT molecular complexity index is 753. The van der Waals surface area contributed by atoms with E-state index in [9.17, 15) is 4.79 Å². The molecule has 0 radical (unpaired) electrons. The molecule has 4 rings (SSSR count). The highest BCUT2D eigenvalue weighted by Gasteiger charge is 2.30. The average Bonchev–Trinajstić information content (AvgIpc) is 3.35. The Morgan fingerprint density at radius 3 is 2.48 bits per heavy atom. The normalized spacial score (nSPS) is 18.9. The Hall–Kier alpha value is -2.10. The number of nitrogens with zero attached hydrogens (tertiary/aromatic N) is 3. The number of hydrogen-bond acceptors (Lipinski definition) is 2. The van der Waals surface area contributed by atoms with E-state index in [1.807, 2.05) is 6.20 Å². The first kappa shape index (κ1) is 18.3. The van der Waals surface area contributed by atoms with E-state index in [0.717, 1.165) is 51.7 Å². The highest BCUT2D eigenvalue weighted by Crippen LogP contribution is 2.29. The summed E-state index contributed by atoms with van der Waals surface area (Å²) in [5.74, 6) is 2.56. The largest absolute Gasteiger partial charge is 0.342 e. The first-order chi connectivity index (χ1) is 13.2. The molecule has 1 amide bonds. The average molecular weight is 366 g/mol. The number of carbonyl (C=O) groups excluding carboxylic acids is 1. The fraction of sp³-hybridized carbons (Fsp3) is 0.565. The van der Waals surface area contributed by atoms with E-state index in [1.165, 1.54) is 29.9 Å². The Kier molecular flexibility index (Phi) is 5.61. The van der Waals surface area contributed by atoms with Crippen LogP contribution in [0.1, 0.15) is 55.6 Å². The molecule has 2 fully saturated rings. The number of amides is 1. The summed E-state index contributed by atoms with van der Waals surface area (Å²) in [4.78, 5) is 19.5. The summed E-state index contributed by atoms with van der Waals surface area (Å²) in [6.07, 6.45) is 9.91. The fourth-order valence-electron chi connectivity index (χ4n) is 4.70. The molecular weight excluding hydrogens is 334 g/mol. The van der Waals surface area contributed by atoms with Crippen LogP contribution in [0.4, 0.5) is 0 Å². The lowest BCUT2D eigenvalue weighted by atomic mass is 9.92. The molecule has 0 bridgehead atoms. The molecule has 0 spiro atoms. The summed E-state index contributed by atoms with van der Waals surface area (Å²) in [6.45, 7) is 4.89. The van der Waals surface area contributed by atoms with Gasteiger partial charge in [0.05, 0.1) is 0 Å². The predicted molar refractivity (Wildman–Crippen MR) is 107 cm³/mol. The van der Waals surface area contributed by atoms with Gasteiger partial charge in [-0.05, 0) is 44.1 Å². The summed E-state index contributed by atoms with van der Waals surface area (Å²) in [7, 11) is 0. The van der Waals surface area contributed by atoms with Crippen LogP contribution >= 0.6 is 0 Å². The van der Waals surface area contributed by atoms with Crippen molar-refractivity contribution in [1.82, 2.24) is 14.5 Å². The van der Waals surface area contributed by atoms with Crippen molar-refractivity contribution in [3.05, 3.63) is 53.6 Å². The Morgan fingerprint density at radius 1 is 1.07 bits per heavy atom. The lowest BCUT2D eigenvalue weighted by Gasteiger charge is -2.33. The number of likely N-dealkylation sites (tertiary alicyclic amines) is 1. The third kappa shape index (κ3) is 4.26. The van der Waals surface area contributed by atoms with Gasteiger partial charge in [0.1, 0.15) is 5.82 Å². The zero-order valence-corrected chi connectivity index (χ0v) is 16.4. The van der Waals surface area contributed by atoms with Crippen molar-refractivity contribution in [1.29, 1.82) is 0 Å². The number of aryl methyl sites for hydroxylation is 1. The maximum absolute atomic E-state index is 12.6. The molecule has 27 heavy (non-hydrogen) atoms. The zero-order chi connectivity index (χ0) is 18.6. The SMILES string of the molecule is Cc1cnc(CC2CCN(C(=O)C3CCCC3)CC2)n1Cc1ccccc1. The second-order valence-corrected chi connectivity index (χ2v) is 8.34. The number of carbonyl (C=O) groups is 1. The maximum atomic E-state index is 12.6. The molecule has 0 atom stereocenters. The molecule has 1 aliphatic carbocycles. The number of benzene rings is 1. The quantitative estimate of drug-likeness (QED) is 0.796. The smallest absolute Gasteiger partial charge is 0.225 e. The molecule has 2 heterocycles. The van der Waals surface area contributed by atoms with Gasteiger partial charge in [0, 0.05) is 43.9 Å². The van der Waals surface area contributed by atoms with E-state index in [4.69, 9.17) is 4.98 Å². The minimum absolute atomic E-state index is 0.314. The van der Waals surface area contributed by atoms with E-state index < -0.39 is 0 Å². The Balaban J connectivity index is 1.35. The molecular formula is C23H31N3O. The lowest BCUT2D eigenvalue weighted by molar-refractivity contribution is -0.136. The van der Waals surface area contributed by atoms with Crippen molar-refractivity contribution < 1.29 is 4.79 Å². The first-order valence-electron chi connectivity index (χ1n) is 10.5. The summed E-state index contributed by atoms with van der Waals surface area (Å²) in [6, 6.07) is 10.6. The van der Waals surface area contributed by atoms with Crippen LogP contribution in [-0.2, 0) is 17.8 Å². The van der Waals surface area contributed by atoms with Crippen LogP contribution < -0.4 is 0 Å². The summed E-state index contributed by atoms with van der Waals surface area (Å²) >= 11 is 0. The van der Waals surface area contributed by atoms with Crippen molar-refractivity contribution in [3.63, 3.8) is 0 Å². The topological polar surface area (TPSA) is 38.1 Å². The molecule has 2 aromatic rings. The summed E-state index contributed by atoms with van der Waals surface area (Å²) in [5, 5.41) is 0. The van der Waals surface area contributed by atoms with Gasteiger partial charge in [-0.1, -0.05) is 43.2 Å². The molecule has 1 aromatic heterocycles. The van der Waals surface area contributed by atoms with Crippen LogP contribution in [0.3, 0.4) is 0 Å². The molecule has 1 saturated heterocycles. The highest BCUT2D eigenvalue weighted by molar-refractivity contribution is 5.79. The summed E-state index contributed by atoms with van der Waals surface area (Å²) in [5.41, 5.74) is 2.54. The van der Waals surface area contributed by atoms with Crippen LogP contribution in [-0.4, -0.2) is 33.4 Å². The molecule has 0 N–H and O–H groups in total. The second-order valence-electron chi connectivity index (χ2n) is 8.34. The molecule has 4 heteroatoms. The maximum Gasteiger partial charge on any atom is 0.225 e. The molecule has 0 unspecified atom stereocenters. The molecule has 144 valence electrons. The van der Waals surface area contributed by atoms with Crippen molar-refractivity contribution in [3.8, 4) is 0 Å².